The summed E-state index contributed by atoms with van der Waals surface area (Å²) < 4.78 is 91.8. The van der Waals surface area contributed by atoms with Crippen molar-refractivity contribution >= 4 is 76.2 Å². The largest absolute Gasteiger partial charge is 0.494 e. The Kier molecular flexibility index (Phi) is 23.5. The summed E-state index contributed by atoms with van der Waals surface area (Å²) in [6, 6.07) is 13.1. The number of hydrogen-bond acceptors (Lipinski definition) is 19. The molecule has 4 aromatic carbocycles. The van der Waals surface area contributed by atoms with Gasteiger partial charge >= 0.3 is 24.1 Å². The van der Waals surface area contributed by atoms with Gasteiger partial charge in [0.2, 0.25) is 17.5 Å². The number of hydrogen-bond donors (Lipinski definition) is 6. The maximum absolute atomic E-state index is 14.9. The Morgan fingerprint density at radius 2 is 0.990 bits per heavy atom. The molecule has 2 atom stereocenters. The van der Waals surface area contributed by atoms with Gasteiger partial charge in [-0.1, -0.05) is 13.8 Å². The van der Waals surface area contributed by atoms with E-state index in [1.54, 1.807) is 104 Å². The van der Waals surface area contributed by atoms with E-state index in [2.05, 4.69) is 51.8 Å². The van der Waals surface area contributed by atoms with Crippen LogP contribution in [0.15, 0.2) is 97.8 Å². The van der Waals surface area contributed by atoms with E-state index in [-0.39, 0.29) is 47.5 Å². The van der Waals surface area contributed by atoms with Gasteiger partial charge in [-0.2, -0.15) is 8.78 Å². The number of anilines is 4. The number of carbonyl (C=O) groups excluding carboxylic acids is 7. The molecule has 1 aliphatic heterocycles. The average Bonchev–Trinajstić information content (AvgIpc) is 1.59. The third-order valence-corrected chi connectivity index (χ3v) is 15.4. The number of imidazole rings is 2. The number of fused-ring (bicyclic) bond motifs is 2. The van der Waals surface area contributed by atoms with E-state index >= 15 is 0 Å². The van der Waals surface area contributed by atoms with Crippen LogP contribution in [0.4, 0.5) is 50.2 Å². The quantitative estimate of drug-likeness (QED) is 0.0221. The number of ether oxygens (including phenoxy) is 6. The van der Waals surface area contributed by atoms with E-state index in [0.29, 0.717) is 107 Å². The van der Waals surface area contributed by atoms with Gasteiger partial charge in [-0.15, -0.1) is 0 Å². The summed E-state index contributed by atoms with van der Waals surface area (Å²) in [4.78, 5) is 108. The second-order valence-corrected chi connectivity index (χ2v) is 24.3. The Hall–Kier alpha value is -11.1. The molecule has 8 aromatic rings. The molecule has 0 unspecified atom stereocenters. The van der Waals surface area contributed by atoms with Crippen molar-refractivity contribution in [3.63, 3.8) is 0 Å². The molecule has 5 heterocycles. The van der Waals surface area contributed by atoms with Gasteiger partial charge in [-0.25, -0.2) is 47.9 Å². The molecule has 0 bridgehead atoms. The number of likely N-dealkylation sites (tertiary alicyclic amines) is 1. The first-order chi connectivity index (χ1) is 46.6. The molecular formula is C68H77F4N13O13. The monoisotopic (exact) mass is 1360 g/mol. The van der Waals surface area contributed by atoms with Gasteiger partial charge in [0.25, 0.3) is 11.8 Å². The number of rotatable bonds is 21. The summed E-state index contributed by atoms with van der Waals surface area (Å²) in [5.74, 6) is -7.38. The molecule has 98 heavy (non-hydrogen) atoms. The van der Waals surface area contributed by atoms with Gasteiger partial charge in [0.15, 0.2) is 46.1 Å². The molecule has 9 rings (SSSR count). The Morgan fingerprint density at radius 3 is 1.39 bits per heavy atom. The van der Waals surface area contributed by atoms with Crippen molar-refractivity contribution in [2.75, 3.05) is 65.3 Å². The Labute approximate surface area is 561 Å². The van der Waals surface area contributed by atoms with Gasteiger partial charge in [0.05, 0.1) is 58.8 Å². The maximum atomic E-state index is 14.9. The van der Waals surface area contributed by atoms with Crippen LogP contribution < -0.4 is 41.4 Å². The Balaban J connectivity index is 0.000000253. The molecule has 520 valence electrons. The predicted molar refractivity (Wildman–Crippen MR) is 352 cm³/mol. The zero-order valence-electron chi connectivity index (χ0n) is 56.1. The van der Waals surface area contributed by atoms with Crippen LogP contribution in [-0.2, 0) is 46.2 Å². The van der Waals surface area contributed by atoms with Crippen LogP contribution >= 0.6 is 0 Å². The van der Waals surface area contributed by atoms with E-state index in [1.807, 2.05) is 13.8 Å². The zero-order chi connectivity index (χ0) is 71.3. The number of carbonyl (C=O) groups is 7. The Morgan fingerprint density at radius 1 is 0.561 bits per heavy atom. The van der Waals surface area contributed by atoms with Crippen LogP contribution in [0.5, 0.6) is 11.5 Å². The average molecular weight is 1360 g/mol. The van der Waals surface area contributed by atoms with Crippen molar-refractivity contribution in [3.05, 3.63) is 143 Å². The number of alkyl carbamates (subject to hydrolysis) is 1. The number of benzene rings is 4. The highest BCUT2D eigenvalue weighted by Gasteiger charge is 2.33. The first-order valence-electron chi connectivity index (χ1n) is 31.1. The lowest BCUT2D eigenvalue weighted by molar-refractivity contribution is -0.143. The molecule has 26 nitrogen and oxygen atoms in total. The number of piperidine rings is 1. The second-order valence-electron chi connectivity index (χ2n) is 24.3. The van der Waals surface area contributed by atoms with Crippen molar-refractivity contribution < 1.29 is 79.5 Å². The molecule has 0 saturated carbocycles. The van der Waals surface area contributed by atoms with E-state index in [4.69, 9.17) is 28.4 Å². The molecule has 6 N–H and O–H groups in total. The molecule has 30 heteroatoms. The van der Waals surface area contributed by atoms with Gasteiger partial charge in [0, 0.05) is 84.0 Å². The fourth-order valence-electron chi connectivity index (χ4n) is 10.5. The highest BCUT2D eigenvalue weighted by molar-refractivity contribution is 6.00. The van der Waals surface area contributed by atoms with Crippen LogP contribution in [-0.4, -0.2) is 153 Å². The summed E-state index contributed by atoms with van der Waals surface area (Å²) in [5.41, 5.74) is 2.95. The first-order valence-corrected chi connectivity index (χ1v) is 31.1. The van der Waals surface area contributed by atoms with E-state index in [9.17, 15) is 51.1 Å². The Bertz CT molecular complexity index is 4280. The summed E-state index contributed by atoms with van der Waals surface area (Å²) in [6.45, 7) is 14.5. The number of aromatic nitrogens is 6. The lowest BCUT2D eigenvalue weighted by Crippen LogP contribution is -2.51. The SMILES string of the molecule is CCc1cc(Nc2nccn3c(-c4ccc(OC)c(F)c4F)cnc23)ccc1C(=O)N[C@@H](CNC(=O)C1CCN(C(=O)OC(C)(C)C)CC1)C(=O)OC.CCc1cc(Nc2nccn3c(-c4ccc(OC)c(F)c4F)cnc23)ccc1C(=O)N[C@@H](CNC(=O)OC(C)(C)C)C(=O)OC. The van der Waals surface area contributed by atoms with Crippen LogP contribution in [0.3, 0.4) is 0 Å². The van der Waals surface area contributed by atoms with Crippen LogP contribution in [0, 0.1) is 29.2 Å². The van der Waals surface area contributed by atoms with Crippen LogP contribution in [0.1, 0.15) is 100 Å². The normalized spacial score (nSPS) is 13.0. The van der Waals surface area contributed by atoms with Crippen molar-refractivity contribution in [1.82, 2.24) is 54.9 Å². The molecule has 5 amide bonds. The second kappa shape index (κ2) is 31.7. The fourth-order valence-corrected chi connectivity index (χ4v) is 10.5. The van der Waals surface area contributed by atoms with Gasteiger partial charge in [-0.3, -0.25) is 23.2 Å². The number of nitrogens with one attached hydrogen (secondary N) is 6. The smallest absolute Gasteiger partial charge is 0.410 e. The maximum Gasteiger partial charge on any atom is 0.410 e. The van der Waals surface area contributed by atoms with E-state index in [0.717, 1.165) is 0 Å². The van der Waals surface area contributed by atoms with Crippen molar-refractivity contribution in [2.24, 2.45) is 5.92 Å². The standard InChI is InChI=1S/C37H43F2N7O7.C31H34F2N6O6/c1-7-21-18-23(43-31-32-41-20-27(46(32)17-14-40-31)25-10-11-28(51-5)30(39)29(25)38)8-9-24(21)34(48)44-26(35(49)52-6)19-42-33(47)22-12-15-45(16-13-22)36(50)53-37(2,3)4;1-7-17-14-18(8-9-19(17)28(40)38-21(29(41)44-6)15-36-30(42)45-31(2,3)4)37-26-27-35-16-22(39(27)13-12-34-26)20-10-11-23(43-5)25(33)24(20)32/h8-11,14,17-18,20,22,26H,7,12-13,15-16,19H2,1-6H3,(H,40,43)(H,42,47)(H,44,48);8-14,16,21H,7,15H2,1-6H3,(H,34,37)(H,36,42)(H,38,40)/t26-;21-/m00/s1. The molecule has 0 spiro atoms. The number of esters is 2. The third kappa shape index (κ3) is 17.5. The molecule has 0 aliphatic carbocycles. The van der Waals surface area contributed by atoms with Crippen molar-refractivity contribution in [3.8, 4) is 34.0 Å². The fraction of sp³-hybridized carbons (Fsp3) is 0.368. The molecule has 1 fully saturated rings. The van der Waals surface area contributed by atoms with Gasteiger partial charge in [-0.05, 0) is 139 Å². The number of amides is 5. The molecule has 0 radical (unpaired) electrons. The van der Waals surface area contributed by atoms with Crippen molar-refractivity contribution in [2.45, 2.75) is 104 Å². The van der Waals surface area contributed by atoms with E-state index in [1.165, 1.54) is 77.5 Å². The minimum absolute atomic E-state index is 0.00635. The minimum Gasteiger partial charge on any atom is -0.494 e. The summed E-state index contributed by atoms with van der Waals surface area (Å²) >= 11 is 0. The number of halogens is 4. The summed E-state index contributed by atoms with van der Waals surface area (Å²) in [6.07, 6.45) is 9.53. The molecular weight excluding hydrogens is 1280 g/mol. The number of methoxy groups -OCH3 is 4. The summed E-state index contributed by atoms with van der Waals surface area (Å²) in [7, 11) is 4.88. The number of aryl methyl sites for hydroxylation is 2. The molecule has 4 aromatic heterocycles. The third-order valence-electron chi connectivity index (χ3n) is 15.4. The lowest BCUT2D eigenvalue weighted by Gasteiger charge is -2.33. The topological polar surface area (TPSA) is 311 Å². The zero-order valence-corrected chi connectivity index (χ0v) is 56.1. The molecule has 1 saturated heterocycles. The van der Waals surface area contributed by atoms with Crippen LogP contribution in [0.2, 0.25) is 0 Å². The van der Waals surface area contributed by atoms with Gasteiger partial charge in [0.1, 0.15) is 23.3 Å². The predicted octanol–water partition coefficient (Wildman–Crippen LogP) is 9.81. The lowest BCUT2D eigenvalue weighted by atomic mass is 9.96. The van der Waals surface area contributed by atoms with Crippen LogP contribution in [0.25, 0.3) is 33.8 Å². The highest BCUT2D eigenvalue weighted by Crippen LogP contribution is 2.34. The van der Waals surface area contributed by atoms with Gasteiger partial charge < -0.3 is 65.2 Å². The number of nitrogens with zero attached hydrogens (tertiary/aromatic N) is 7. The molecule has 1 aliphatic rings. The minimum atomic E-state index is -1.17. The highest BCUT2D eigenvalue weighted by atomic mass is 19.2. The van der Waals surface area contributed by atoms with Crippen molar-refractivity contribution in [1.29, 1.82) is 0 Å². The summed E-state index contributed by atoms with van der Waals surface area (Å²) in [5, 5.41) is 16.9. The van der Waals surface area contributed by atoms with E-state index < -0.39 is 82.5 Å². The first kappa shape index (κ1) is 72.8.